The van der Waals surface area contributed by atoms with Gasteiger partial charge in [0.2, 0.25) is 5.91 Å². The van der Waals surface area contributed by atoms with Crippen molar-refractivity contribution < 1.29 is 4.79 Å². The van der Waals surface area contributed by atoms with Crippen molar-refractivity contribution in [2.45, 2.75) is 12.8 Å². The van der Waals surface area contributed by atoms with Crippen molar-refractivity contribution in [3.05, 3.63) is 29.8 Å². The Morgan fingerprint density at radius 2 is 2.23 bits per heavy atom. The minimum atomic E-state index is -0.164. The number of hydrogen-bond donors (Lipinski definition) is 3. The molecule has 0 atom stereocenters. The normalized spacial score (nSPS) is 9.62. The lowest BCUT2D eigenvalue weighted by Crippen LogP contribution is -2.30. The van der Waals surface area contributed by atoms with Crippen LogP contribution in [0, 0.1) is 0 Å². The molecule has 0 saturated heterocycles. The predicted molar refractivity (Wildman–Crippen MR) is 51.5 cm³/mol. The van der Waals surface area contributed by atoms with Crippen LogP contribution in [0.2, 0.25) is 0 Å². The summed E-state index contributed by atoms with van der Waals surface area (Å²) in [5.41, 5.74) is 9.41. The number of nitrogen functional groups attached to an aromatic ring is 1. The van der Waals surface area contributed by atoms with Crippen LogP contribution in [0.5, 0.6) is 0 Å². The highest BCUT2D eigenvalue weighted by Crippen LogP contribution is 2.08. The molecule has 0 unspecified atom stereocenters. The van der Waals surface area contributed by atoms with Crippen LogP contribution in [0.25, 0.3) is 0 Å². The van der Waals surface area contributed by atoms with Gasteiger partial charge in [0.1, 0.15) is 0 Å². The van der Waals surface area contributed by atoms with Gasteiger partial charge >= 0.3 is 0 Å². The van der Waals surface area contributed by atoms with Crippen molar-refractivity contribution in [3.8, 4) is 0 Å². The van der Waals surface area contributed by atoms with E-state index in [1.807, 2.05) is 24.3 Å². The number of anilines is 1. The van der Waals surface area contributed by atoms with Crippen molar-refractivity contribution in [1.82, 2.24) is 5.43 Å². The fourth-order valence-electron chi connectivity index (χ4n) is 1.08. The van der Waals surface area contributed by atoms with Crippen molar-refractivity contribution in [3.63, 3.8) is 0 Å². The molecule has 0 fully saturated rings. The van der Waals surface area contributed by atoms with Crippen LogP contribution < -0.4 is 17.0 Å². The molecule has 0 saturated carbocycles. The maximum atomic E-state index is 10.8. The van der Waals surface area contributed by atoms with Crippen LogP contribution in [-0.4, -0.2) is 5.91 Å². The Labute approximate surface area is 76.9 Å². The van der Waals surface area contributed by atoms with E-state index in [2.05, 4.69) is 5.43 Å². The zero-order valence-corrected chi connectivity index (χ0v) is 7.29. The lowest BCUT2D eigenvalue weighted by Gasteiger charge is -2.01. The number of rotatable bonds is 3. The Morgan fingerprint density at radius 1 is 1.46 bits per heavy atom. The Bertz CT molecular complexity index is 299. The minimum absolute atomic E-state index is 0.164. The number of hydrogen-bond acceptors (Lipinski definition) is 3. The van der Waals surface area contributed by atoms with Crippen molar-refractivity contribution in [1.29, 1.82) is 0 Å². The molecule has 0 aliphatic heterocycles. The Balaban J connectivity index is 2.50. The lowest BCUT2D eigenvalue weighted by atomic mass is 10.1. The summed E-state index contributed by atoms with van der Waals surface area (Å²) in [4.78, 5) is 10.8. The predicted octanol–water partition coefficient (Wildman–Crippen LogP) is 0.191. The minimum Gasteiger partial charge on any atom is -0.399 e. The topological polar surface area (TPSA) is 81.1 Å². The summed E-state index contributed by atoms with van der Waals surface area (Å²) in [6.45, 7) is 0. The number of nitrogens with one attached hydrogen (secondary N) is 1. The van der Waals surface area contributed by atoms with Crippen molar-refractivity contribution in [2.75, 3.05) is 5.73 Å². The van der Waals surface area contributed by atoms with Gasteiger partial charge in [-0.15, -0.1) is 0 Å². The van der Waals surface area contributed by atoms with Crippen molar-refractivity contribution >= 4 is 11.6 Å². The average molecular weight is 179 g/mol. The van der Waals surface area contributed by atoms with E-state index in [4.69, 9.17) is 11.6 Å². The lowest BCUT2D eigenvalue weighted by molar-refractivity contribution is -0.121. The third-order valence-electron chi connectivity index (χ3n) is 1.75. The van der Waals surface area contributed by atoms with Gasteiger partial charge < -0.3 is 5.73 Å². The average Bonchev–Trinajstić information content (AvgIpc) is 2.14. The number of aryl methyl sites for hydroxylation is 1. The van der Waals surface area contributed by atoms with E-state index in [9.17, 15) is 4.79 Å². The van der Waals surface area contributed by atoms with Gasteiger partial charge in [-0.1, -0.05) is 12.1 Å². The van der Waals surface area contributed by atoms with Crippen LogP contribution in [0.3, 0.4) is 0 Å². The fourth-order valence-corrected chi connectivity index (χ4v) is 1.08. The molecule has 0 aliphatic rings. The van der Waals surface area contributed by atoms with Crippen LogP contribution in [0.15, 0.2) is 24.3 Å². The van der Waals surface area contributed by atoms with E-state index in [1.54, 1.807) is 0 Å². The van der Waals surface area contributed by atoms with E-state index >= 15 is 0 Å². The van der Waals surface area contributed by atoms with Crippen LogP contribution in [0.1, 0.15) is 12.0 Å². The van der Waals surface area contributed by atoms with Crippen LogP contribution in [-0.2, 0) is 11.2 Å². The number of carbonyl (C=O) groups is 1. The molecule has 13 heavy (non-hydrogen) atoms. The summed E-state index contributed by atoms with van der Waals surface area (Å²) in [7, 11) is 0. The molecular formula is C9H13N3O. The zero-order valence-electron chi connectivity index (χ0n) is 7.29. The first-order valence-electron chi connectivity index (χ1n) is 4.06. The highest BCUT2D eigenvalue weighted by Gasteiger charge is 1.99. The second-order valence-electron chi connectivity index (χ2n) is 2.81. The molecule has 0 heterocycles. The summed E-state index contributed by atoms with van der Waals surface area (Å²) < 4.78 is 0. The molecule has 0 aromatic heterocycles. The molecule has 1 amide bonds. The van der Waals surface area contributed by atoms with Gasteiger partial charge in [-0.25, -0.2) is 5.84 Å². The van der Waals surface area contributed by atoms with Gasteiger partial charge in [-0.2, -0.15) is 0 Å². The highest BCUT2D eigenvalue weighted by atomic mass is 16.2. The van der Waals surface area contributed by atoms with Gasteiger partial charge in [0.05, 0.1) is 0 Å². The van der Waals surface area contributed by atoms with E-state index in [-0.39, 0.29) is 5.91 Å². The molecular weight excluding hydrogens is 166 g/mol. The summed E-state index contributed by atoms with van der Waals surface area (Å²) in [6, 6.07) is 7.46. The largest absolute Gasteiger partial charge is 0.399 e. The van der Waals surface area contributed by atoms with Gasteiger partial charge in [0.15, 0.2) is 0 Å². The highest BCUT2D eigenvalue weighted by molar-refractivity contribution is 5.75. The Hall–Kier alpha value is -1.55. The third kappa shape index (κ3) is 3.13. The molecule has 4 heteroatoms. The molecule has 1 aromatic carbocycles. The Kier molecular flexibility index (Phi) is 3.28. The fraction of sp³-hybridized carbons (Fsp3) is 0.222. The van der Waals surface area contributed by atoms with Gasteiger partial charge in [0.25, 0.3) is 0 Å². The monoisotopic (exact) mass is 179 g/mol. The zero-order chi connectivity index (χ0) is 9.68. The molecule has 0 spiro atoms. The molecule has 0 bridgehead atoms. The second kappa shape index (κ2) is 4.47. The smallest absolute Gasteiger partial charge is 0.234 e. The first-order valence-corrected chi connectivity index (χ1v) is 4.06. The standard InChI is InChI=1S/C9H13N3O/c10-8-3-1-2-7(6-8)4-5-9(13)12-11/h1-3,6H,4-5,10-11H2,(H,12,13). The van der Waals surface area contributed by atoms with E-state index < -0.39 is 0 Å². The number of nitrogens with two attached hydrogens (primary N) is 2. The summed E-state index contributed by atoms with van der Waals surface area (Å²) >= 11 is 0. The van der Waals surface area contributed by atoms with Gasteiger partial charge in [-0.3, -0.25) is 10.2 Å². The van der Waals surface area contributed by atoms with E-state index in [1.165, 1.54) is 0 Å². The molecule has 5 N–H and O–H groups in total. The van der Waals surface area contributed by atoms with Gasteiger partial charge in [-0.05, 0) is 24.1 Å². The van der Waals surface area contributed by atoms with Gasteiger partial charge in [0, 0.05) is 12.1 Å². The number of hydrazine groups is 1. The molecule has 0 aliphatic carbocycles. The van der Waals surface area contributed by atoms with E-state index in [0.29, 0.717) is 18.5 Å². The molecule has 4 nitrogen and oxygen atoms in total. The summed E-state index contributed by atoms with van der Waals surface area (Å²) in [6.07, 6.45) is 1.05. The molecule has 1 aromatic rings. The molecule has 0 radical (unpaired) electrons. The van der Waals surface area contributed by atoms with Crippen LogP contribution >= 0.6 is 0 Å². The maximum absolute atomic E-state index is 10.8. The number of benzene rings is 1. The Morgan fingerprint density at radius 3 is 2.85 bits per heavy atom. The number of amides is 1. The van der Waals surface area contributed by atoms with E-state index in [0.717, 1.165) is 5.56 Å². The second-order valence-corrected chi connectivity index (χ2v) is 2.81. The van der Waals surface area contributed by atoms with Crippen LogP contribution in [0.4, 0.5) is 5.69 Å². The first kappa shape index (κ1) is 9.54. The summed E-state index contributed by atoms with van der Waals surface area (Å²) in [5.74, 6) is 4.78. The number of carbonyl (C=O) groups excluding carboxylic acids is 1. The molecule has 70 valence electrons. The quantitative estimate of drug-likeness (QED) is 0.268. The maximum Gasteiger partial charge on any atom is 0.234 e. The molecule has 1 rings (SSSR count). The van der Waals surface area contributed by atoms with Crippen molar-refractivity contribution in [2.24, 2.45) is 5.84 Å². The third-order valence-corrected chi connectivity index (χ3v) is 1.75. The summed E-state index contributed by atoms with van der Waals surface area (Å²) in [5, 5.41) is 0. The first-order chi connectivity index (χ1) is 6.22. The SMILES string of the molecule is NNC(=O)CCc1cccc(N)c1.